The zero-order valence-corrected chi connectivity index (χ0v) is 10.8. The van der Waals surface area contributed by atoms with Gasteiger partial charge in [-0.3, -0.25) is 4.57 Å². The predicted molar refractivity (Wildman–Crippen MR) is 67.3 cm³/mol. The van der Waals surface area contributed by atoms with Crippen LogP contribution in [-0.2, 0) is 4.57 Å². The van der Waals surface area contributed by atoms with Gasteiger partial charge in [0.25, 0.3) is 0 Å². The van der Waals surface area contributed by atoms with Gasteiger partial charge in [0.2, 0.25) is 0 Å². The maximum atomic E-state index is 11.0. The molecule has 17 heavy (non-hydrogen) atoms. The van der Waals surface area contributed by atoms with Crippen LogP contribution in [0.1, 0.15) is 26.2 Å². The number of hydrogen-bond donors (Lipinski definition) is 2. The van der Waals surface area contributed by atoms with E-state index in [0.29, 0.717) is 12.2 Å². The highest BCUT2D eigenvalue weighted by atomic mass is 31.2. The van der Waals surface area contributed by atoms with Gasteiger partial charge >= 0.3 is 7.60 Å². The molecule has 0 amide bonds. The lowest BCUT2D eigenvalue weighted by Gasteiger charge is -2.19. The van der Waals surface area contributed by atoms with Crippen molar-refractivity contribution in [3.05, 3.63) is 30.3 Å². The number of hydrogen-bond acceptors (Lipinski definition) is 2. The fraction of sp³-hybridized carbons (Fsp3) is 0.500. The van der Waals surface area contributed by atoms with Crippen LogP contribution in [-0.4, -0.2) is 22.1 Å². The monoisotopic (exact) mass is 258 g/mol. The first-order valence-electron chi connectivity index (χ1n) is 5.77. The minimum absolute atomic E-state index is 0.220. The summed E-state index contributed by atoms with van der Waals surface area (Å²) >= 11 is 0. The first-order chi connectivity index (χ1) is 8.01. The summed E-state index contributed by atoms with van der Waals surface area (Å²) in [6.45, 7) is 2.04. The molecule has 0 radical (unpaired) electrons. The Labute approximate surface area is 102 Å². The van der Waals surface area contributed by atoms with Gasteiger partial charge in [-0.15, -0.1) is 0 Å². The molecule has 96 valence electrons. The van der Waals surface area contributed by atoms with Gasteiger partial charge in [0.05, 0.1) is 6.16 Å². The van der Waals surface area contributed by atoms with E-state index in [-0.39, 0.29) is 6.16 Å². The highest BCUT2D eigenvalue weighted by Gasteiger charge is 2.22. The van der Waals surface area contributed by atoms with Crippen molar-refractivity contribution in [2.45, 2.75) is 32.3 Å². The summed E-state index contributed by atoms with van der Waals surface area (Å²) in [5.74, 6) is 0.655. The number of unbranched alkanes of at least 4 members (excludes halogenated alkanes) is 1. The Morgan fingerprint density at radius 3 is 2.47 bits per heavy atom. The maximum absolute atomic E-state index is 11.0. The molecule has 0 aliphatic heterocycles. The van der Waals surface area contributed by atoms with Crippen molar-refractivity contribution >= 4 is 7.60 Å². The molecule has 0 saturated heterocycles. The van der Waals surface area contributed by atoms with Crippen LogP contribution in [0.4, 0.5) is 0 Å². The second kappa shape index (κ2) is 6.80. The van der Waals surface area contributed by atoms with Crippen LogP contribution in [0.3, 0.4) is 0 Å². The van der Waals surface area contributed by atoms with E-state index >= 15 is 0 Å². The number of rotatable bonds is 7. The Bertz CT molecular complexity index is 360. The van der Waals surface area contributed by atoms with Crippen molar-refractivity contribution in [1.29, 1.82) is 0 Å². The Morgan fingerprint density at radius 2 is 1.94 bits per heavy atom. The lowest BCUT2D eigenvalue weighted by atomic mass is 10.2. The lowest BCUT2D eigenvalue weighted by molar-refractivity contribution is 0.200. The van der Waals surface area contributed by atoms with Gasteiger partial charge in [-0.1, -0.05) is 38.0 Å². The molecule has 0 spiro atoms. The number of benzene rings is 1. The molecule has 1 atom stereocenters. The van der Waals surface area contributed by atoms with Crippen LogP contribution in [0.5, 0.6) is 5.75 Å². The Morgan fingerprint density at radius 1 is 1.29 bits per heavy atom. The van der Waals surface area contributed by atoms with E-state index in [1.165, 1.54) is 0 Å². The van der Waals surface area contributed by atoms with E-state index in [1.54, 1.807) is 12.1 Å². The van der Waals surface area contributed by atoms with Gasteiger partial charge < -0.3 is 14.5 Å². The predicted octanol–water partition coefficient (Wildman–Crippen LogP) is 2.80. The molecule has 1 aromatic rings. The van der Waals surface area contributed by atoms with Gasteiger partial charge in [0, 0.05) is 0 Å². The molecule has 0 saturated carbocycles. The maximum Gasteiger partial charge on any atom is 0.329 e. The average molecular weight is 258 g/mol. The molecule has 4 nitrogen and oxygen atoms in total. The summed E-state index contributed by atoms with van der Waals surface area (Å²) in [6, 6.07) is 9.13. The van der Waals surface area contributed by atoms with E-state index < -0.39 is 13.7 Å². The Hall–Kier alpha value is -0.830. The number of para-hydroxylation sites is 1. The van der Waals surface area contributed by atoms with Crippen molar-refractivity contribution in [3.8, 4) is 5.75 Å². The molecule has 0 fully saturated rings. The van der Waals surface area contributed by atoms with Crippen molar-refractivity contribution in [2.75, 3.05) is 6.16 Å². The highest BCUT2D eigenvalue weighted by Crippen LogP contribution is 2.37. The third-order valence-corrected chi connectivity index (χ3v) is 3.25. The highest BCUT2D eigenvalue weighted by molar-refractivity contribution is 7.51. The van der Waals surface area contributed by atoms with Crippen molar-refractivity contribution in [3.63, 3.8) is 0 Å². The van der Waals surface area contributed by atoms with Crippen LogP contribution >= 0.6 is 7.60 Å². The molecule has 1 rings (SSSR count). The first-order valence-corrected chi connectivity index (χ1v) is 7.57. The second-order valence-corrected chi connectivity index (χ2v) is 5.74. The smallest absolute Gasteiger partial charge is 0.329 e. The molecule has 0 aliphatic rings. The van der Waals surface area contributed by atoms with Crippen LogP contribution in [0.25, 0.3) is 0 Å². The normalized spacial score (nSPS) is 13.4. The fourth-order valence-electron chi connectivity index (χ4n) is 1.58. The second-order valence-electron chi connectivity index (χ2n) is 4.04. The van der Waals surface area contributed by atoms with E-state index in [4.69, 9.17) is 14.5 Å². The topological polar surface area (TPSA) is 66.8 Å². The van der Waals surface area contributed by atoms with Crippen LogP contribution in [0, 0.1) is 0 Å². The molecule has 0 aliphatic carbocycles. The average Bonchev–Trinajstić information content (AvgIpc) is 2.25. The summed E-state index contributed by atoms with van der Waals surface area (Å²) in [5.41, 5.74) is 0. The fourth-order valence-corrected chi connectivity index (χ4v) is 2.36. The molecule has 5 heteroatoms. The minimum atomic E-state index is -4.02. The first kappa shape index (κ1) is 14.2. The summed E-state index contributed by atoms with van der Waals surface area (Å²) in [4.78, 5) is 18.0. The van der Waals surface area contributed by atoms with Gasteiger partial charge in [-0.05, 0) is 18.6 Å². The SMILES string of the molecule is CCCCC(CP(=O)(O)O)Oc1ccccc1. The molecule has 1 aromatic carbocycles. The minimum Gasteiger partial charge on any atom is -0.490 e. The van der Waals surface area contributed by atoms with Crippen molar-refractivity contribution < 1.29 is 19.1 Å². The zero-order chi connectivity index (χ0) is 12.7. The van der Waals surface area contributed by atoms with E-state index in [0.717, 1.165) is 12.8 Å². The summed E-state index contributed by atoms with van der Waals surface area (Å²) in [7, 11) is -4.02. The summed E-state index contributed by atoms with van der Waals surface area (Å²) < 4.78 is 16.6. The van der Waals surface area contributed by atoms with E-state index in [2.05, 4.69) is 0 Å². The van der Waals surface area contributed by atoms with Crippen LogP contribution in [0.2, 0.25) is 0 Å². The molecule has 2 N–H and O–H groups in total. The van der Waals surface area contributed by atoms with E-state index in [1.807, 2.05) is 25.1 Å². The van der Waals surface area contributed by atoms with Crippen LogP contribution < -0.4 is 4.74 Å². The molecule has 0 bridgehead atoms. The van der Waals surface area contributed by atoms with Gasteiger partial charge in [0.15, 0.2) is 0 Å². The summed E-state index contributed by atoms with van der Waals surface area (Å²) in [6.07, 6.45) is 1.91. The molecule has 0 aromatic heterocycles. The quantitative estimate of drug-likeness (QED) is 0.738. The summed E-state index contributed by atoms with van der Waals surface area (Å²) in [5, 5.41) is 0. The number of ether oxygens (including phenoxy) is 1. The van der Waals surface area contributed by atoms with Crippen molar-refractivity contribution in [2.24, 2.45) is 0 Å². The van der Waals surface area contributed by atoms with E-state index in [9.17, 15) is 4.57 Å². The Balaban J connectivity index is 2.60. The third-order valence-electron chi connectivity index (χ3n) is 2.37. The van der Waals surface area contributed by atoms with Gasteiger partial charge in [-0.2, -0.15) is 0 Å². The lowest BCUT2D eigenvalue weighted by Crippen LogP contribution is -2.21. The Kier molecular flexibility index (Phi) is 5.69. The molecule has 1 unspecified atom stereocenters. The zero-order valence-electron chi connectivity index (χ0n) is 9.95. The molecular weight excluding hydrogens is 239 g/mol. The largest absolute Gasteiger partial charge is 0.490 e. The third kappa shape index (κ3) is 6.47. The van der Waals surface area contributed by atoms with Crippen molar-refractivity contribution in [1.82, 2.24) is 0 Å². The van der Waals surface area contributed by atoms with Gasteiger partial charge in [0.1, 0.15) is 11.9 Å². The van der Waals surface area contributed by atoms with Crippen LogP contribution in [0.15, 0.2) is 30.3 Å². The molecular formula is C12H19O4P. The van der Waals surface area contributed by atoms with Gasteiger partial charge in [-0.25, -0.2) is 0 Å². The molecule has 0 heterocycles. The standard InChI is InChI=1S/C12H19O4P/c1-2-3-7-12(10-17(13,14)15)16-11-8-5-4-6-9-11/h4-6,8-9,12H,2-3,7,10H2,1H3,(H2,13,14,15).